The Morgan fingerprint density at radius 2 is 0.738 bits per heavy atom. The molecular formula is C56H34N2O2Se. The summed E-state index contributed by atoms with van der Waals surface area (Å²) in [6, 6.07) is 74.3. The molecule has 1 aromatic heterocycles. The fourth-order valence-corrected chi connectivity index (χ4v) is 11.8. The average Bonchev–Trinajstić information content (AvgIpc) is 3.69. The molecule has 0 fully saturated rings. The van der Waals surface area contributed by atoms with Crippen LogP contribution >= 0.6 is 0 Å². The summed E-state index contributed by atoms with van der Waals surface area (Å²) in [5, 5.41) is 7.10. The molecular weight excluding hydrogens is 812 g/mol. The molecule has 0 atom stereocenters. The van der Waals surface area contributed by atoms with Gasteiger partial charge in [0.05, 0.1) is 0 Å². The topological polar surface area (TPSA) is 24.9 Å². The predicted molar refractivity (Wildman–Crippen MR) is 254 cm³/mol. The summed E-state index contributed by atoms with van der Waals surface area (Å²) in [5.74, 6) is 3.32. The van der Waals surface area contributed by atoms with Crippen LogP contribution in [0.25, 0.3) is 63.1 Å². The molecule has 0 saturated heterocycles. The predicted octanol–water partition coefficient (Wildman–Crippen LogP) is 15.8. The zero-order valence-electron chi connectivity index (χ0n) is 32.7. The molecule has 2 aliphatic heterocycles. The maximum absolute atomic E-state index is 6.90. The van der Waals surface area contributed by atoms with Crippen LogP contribution in [-0.2, 0) is 0 Å². The van der Waals surface area contributed by atoms with Crippen LogP contribution in [0.4, 0.5) is 34.1 Å². The van der Waals surface area contributed by atoms with Crippen molar-refractivity contribution < 1.29 is 9.47 Å². The average molecular weight is 846 g/mol. The molecule has 0 N–H and O–H groups in total. The standard InChI is InChI=1S/C56H34N2O2Se/c1-3-15-35(16-4-1)37-28-30-41-43(31-37)55(57-45-20-8-11-23-49(45)59-50-24-12-9-21-46(50)57)40-29-27-38(36-17-5-2-6-18-36)32-44(40)56(41)58-47-22-10-13-25-51(47)60-52-33-42-39-19-7-14-26-53(39)61-54(42)34-48(52)58/h1-34H. The molecule has 0 bridgehead atoms. The van der Waals surface area contributed by atoms with Gasteiger partial charge in [-0.1, -0.05) is 18.2 Å². The molecule has 2 aliphatic rings. The molecule has 61 heavy (non-hydrogen) atoms. The molecule has 4 nitrogen and oxygen atoms in total. The minimum absolute atomic E-state index is 0.166. The van der Waals surface area contributed by atoms with E-state index in [4.69, 9.17) is 9.47 Å². The summed E-state index contributed by atoms with van der Waals surface area (Å²) in [4.78, 5) is 4.91. The van der Waals surface area contributed by atoms with Crippen molar-refractivity contribution in [2.75, 3.05) is 9.80 Å². The van der Waals surface area contributed by atoms with E-state index in [0.717, 1.165) is 89.8 Å². The second kappa shape index (κ2) is 13.5. The van der Waals surface area contributed by atoms with Gasteiger partial charge in [-0.25, -0.2) is 0 Å². The van der Waals surface area contributed by atoms with Crippen molar-refractivity contribution >= 4 is 89.5 Å². The second-order valence-corrected chi connectivity index (χ2v) is 17.9. The Kier molecular flexibility index (Phi) is 7.59. The van der Waals surface area contributed by atoms with E-state index in [1.54, 1.807) is 0 Å². The van der Waals surface area contributed by atoms with Crippen LogP contribution in [0.5, 0.6) is 23.0 Å². The first-order chi connectivity index (χ1) is 30.2. The van der Waals surface area contributed by atoms with Gasteiger partial charge >= 0.3 is 342 Å². The van der Waals surface area contributed by atoms with Crippen molar-refractivity contribution in [2.45, 2.75) is 0 Å². The summed E-state index contributed by atoms with van der Waals surface area (Å²) in [7, 11) is 0. The summed E-state index contributed by atoms with van der Waals surface area (Å²) in [6.45, 7) is 0. The van der Waals surface area contributed by atoms with E-state index in [2.05, 4.69) is 204 Å². The summed E-state index contributed by atoms with van der Waals surface area (Å²) >= 11 is 0.166. The number of nitrogens with zero attached hydrogens (tertiary/aromatic N) is 2. The number of fused-ring (bicyclic) bond motifs is 9. The number of hydrogen-bond acceptors (Lipinski definition) is 4. The molecule has 0 saturated carbocycles. The van der Waals surface area contributed by atoms with Gasteiger partial charge in [-0.05, 0) is 0 Å². The minimum atomic E-state index is 0.166. The maximum atomic E-state index is 6.90. The van der Waals surface area contributed by atoms with Crippen LogP contribution in [0, 0.1) is 0 Å². The van der Waals surface area contributed by atoms with E-state index >= 15 is 0 Å². The van der Waals surface area contributed by atoms with Gasteiger partial charge in [-0.3, -0.25) is 0 Å². The van der Waals surface area contributed by atoms with Gasteiger partial charge in [-0.2, -0.15) is 0 Å². The zero-order valence-corrected chi connectivity index (χ0v) is 34.5. The number of benzene rings is 10. The van der Waals surface area contributed by atoms with Gasteiger partial charge in [0.25, 0.3) is 0 Å². The third-order valence-electron chi connectivity index (χ3n) is 12.2. The van der Waals surface area contributed by atoms with E-state index in [1.807, 2.05) is 12.1 Å². The first-order valence-electron chi connectivity index (χ1n) is 20.6. The van der Waals surface area contributed by atoms with Gasteiger partial charge in [-0.15, -0.1) is 0 Å². The number of rotatable bonds is 4. The third kappa shape index (κ3) is 5.31. The molecule has 0 unspecified atom stereocenters. The number of anilines is 6. The Balaban J connectivity index is 1.20. The third-order valence-corrected chi connectivity index (χ3v) is 14.6. The van der Waals surface area contributed by atoms with Crippen molar-refractivity contribution in [3.05, 3.63) is 206 Å². The van der Waals surface area contributed by atoms with Gasteiger partial charge in [0.2, 0.25) is 0 Å². The molecule has 286 valence electrons. The van der Waals surface area contributed by atoms with Crippen LogP contribution in [0.2, 0.25) is 0 Å². The second-order valence-electron chi connectivity index (χ2n) is 15.6. The summed E-state index contributed by atoms with van der Waals surface area (Å²) < 4.78 is 16.3. The Morgan fingerprint density at radius 1 is 0.279 bits per heavy atom. The Morgan fingerprint density at radius 3 is 1.30 bits per heavy atom. The van der Waals surface area contributed by atoms with E-state index in [0.29, 0.717) is 0 Å². The molecule has 3 heterocycles. The van der Waals surface area contributed by atoms with Gasteiger partial charge in [0.15, 0.2) is 0 Å². The van der Waals surface area contributed by atoms with Crippen LogP contribution in [0.1, 0.15) is 0 Å². The molecule has 5 heteroatoms. The van der Waals surface area contributed by atoms with Crippen molar-refractivity contribution in [1.29, 1.82) is 0 Å². The summed E-state index contributed by atoms with van der Waals surface area (Å²) in [5.41, 5.74) is 10.9. The van der Waals surface area contributed by atoms with Crippen LogP contribution < -0.4 is 19.3 Å². The number of hydrogen-bond donors (Lipinski definition) is 0. The van der Waals surface area contributed by atoms with Gasteiger partial charge in [0, 0.05) is 0 Å². The number of ether oxygens (including phenoxy) is 2. The van der Waals surface area contributed by atoms with Gasteiger partial charge in [0.1, 0.15) is 0 Å². The first-order valence-corrected chi connectivity index (χ1v) is 22.3. The van der Waals surface area contributed by atoms with Gasteiger partial charge < -0.3 is 0 Å². The SMILES string of the molecule is c1ccc(-c2ccc3c(N4c5ccccc5Oc5cc6c(cc54)[se]c4ccccc46)c4cc(-c5ccccc5)ccc4c(N4c5ccccc5Oc5ccccc54)c3c2)cc1. The fraction of sp³-hybridized carbons (Fsp3) is 0. The van der Waals surface area contributed by atoms with E-state index in [9.17, 15) is 0 Å². The first kappa shape index (κ1) is 34.3. The van der Waals surface area contributed by atoms with Crippen molar-refractivity contribution in [1.82, 2.24) is 0 Å². The molecule has 0 amide bonds. The molecule has 13 rings (SSSR count). The Hall–Kier alpha value is -7.56. The van der Waals surface area contributed by atoms with Crippen molar-refractivity contribution in [3.8, 4) is 45.3 Å². The molecule has 0 radical (unpaired) electrons. The van der Waals surface area contributed by atoms with Crippen LogP contribution in [0.3, 0.4) is 0 Å². The monoisotopic (exact) mass is 846 g/mol. The molecule has 0 aliphatic carbocycles. The molecule has 0 spiro atoms. The normalized spacial score (nSPS) is 12.8. The Labute approximate surface area is 358 Å². The fourth-order valence-electron chi connectivity index (χ4n) is 9.45. The van der Waals surface area contributed by atoms with Crippen LogP contribution in [-0.4, -0.2) is 14.5 Å². The van der Waals surface area contributed by atoms with E-state index in [-0.39, 0.29) is 14.5 Å². The van der Waals surface area contributed by atoms with Crippen LogP contribution in [0.15, 0.2) is 206 Å². The molecule has 11 aromatic rings. The summed E-state index contributed by atoms with van der Waals surface area (Å²) in [6.07, 6.45) is 0. The molecule has 10 aromatic carbocycles. The zero-order chi connectivity index (χ0) is 40.0. The van der Waals surface area contributed by atoms with Crippen molar-refractivity contribution in [2.24, 2.45) is 0 Å². The van der Waals surface area contributed by atoms with E-state index < -0.39 is 0 Å². The number of para-hydroxylation sites is 6. The quantitative estimate of drug-likeness (QED) is 0.130. The van der Waals surface area contributed by atoms with Crippen molar-refractivity contribution in [3.63, 3.8) is 0 Å². The Bertz CT molecular complexity index is 3520. The van der Waals surface area contributed by atoms with E-state index in [1.165, 1.54) is 30.4 Å².